The molecule has 2 aliphatic heterocycles. The van der Waals surface area contributed by atoms with Crippen molar-refractivity contribution >= 4 is 23.1 Å². The molecule has 32 heavy (non-hydrogen) atoms. The highest BCUT2D eigenvalue weighted by Crippen LogP contribution is 2.45. The van der Waals surface area contributed by atoms with Crippen LogP contribution in [0.1, 0.15) is 34.9 Å². The fourth-order valence-corrected chi connectivity index (χ4v) is 4.29. The summed E-state index contributed by atoms with van der Waals surface area (Å²) < 4.78 is 11.2. The standard InChI is InChI=1S/C25H21NO6/c1-14-6-8-18(27)17(12-14)26-22(20-5-3-11-32-20)21(24(29)25(26)30)23(28)16-7-9-19-15(13-16)4-2-10-31-19/h3,5-9,11-13,22,27-28H,2,4,10H2,1H3/b23-21-. The van der Waals surface area contributed by atoms with E-state index in [0.717, 1.165) is 29.7 Å². The first kappa shape index (κ1) is 19.9. The van der Waals surface area contributed by atoms with Gasteiger partial charge in [0.1, 0.15) is 29.1 Å². The number of aliphatic hydroxyl groups excluding tert-OH is 1. The molecule has 1 amide bonds. The summed E-state index contributed by atoms with van der Waals surface area (Å²) in [6.07, 6.45) is 3.09. The van der Waals surface area contributed by atoms with Crippen LogP contribution in [0.5, 0.6) is 11.5 Å². The molecule has 3 aromatic rings. The molecule has 7 nitrogen and oxygen atoms in total. The number of furan rings is 1. The second-order valence-corrected chi connectivity index (χ2v) is 7.95. The second kappa shape index (κ2) is 7.60. The van der Waals surface area contributed by atoms with E-state index < -0.39 is 17.7 Å². The number of benzene rings is 2. The lowest BCUT2D eigenvalue weighted by Crippen LogP contribution is -2.29. The number of aliphatic hydroxyl groups is 1. The normalized spacial score (nSPS) is 19.7. The third-order valence-electron chi connectivity index (χ3n) is 5.83. The summed E-state index contributed by atoms with van der Waals surface area (Å²) in [4.78, 5) is 27.4. The number of ketones is 1. The number of anilines is 1. The summed E-state index contributed by atoms with van der Waals surface area (Å²) in [6, 6.07) is 12.2. The summed E-state index contributed by atoms with van der Waals surface area (Å²) in [6.45, 7) is 2.46. The molecule has 2 N–H and O–H groups in total. The van der Waals surface area contributed by atoms with Crippen LogP contribution in [0.3, 0.4) is 0 Å². The van der Waals surface area contributed by atoms with Crippen molar-refractivity contribution in [3.8, 4) is 11.5 Å². The number of hydrogen-bond acceptors (Lipinski definition) is 6. The SMILES string of the molecule is Cc1ccc(O)c(N2C(=O)C(=O)/C(=C(\O)c3ccc4c(c3)CCCO4)C2c2ccco2)c1. The van der Waals surface area contributed by atoms with Gasteiger partial charge in [0.15, 0.2) is 0 Å². The van der Waals surface area contributed by atoms with Gasteiger partial charge in [0.2, 0.25) is 0 Å². The number of fused-ring (bicyclic) bond motifs is 1. The molecule has 3 heterocycles. The number of phenols is 1. The smallest absolute Gasteiger partial charge is 0.300 e. The quantitative estimate of drug-likeness (QED) is 0.365. The molecule has 1 atom stereocenters. The number of Topliss-reactive ketones (excluding diaryl/α,β-unsaturated/α-hetero) is 1. The van der Waals surface area contributed by atoms with Crippen molar-refractivity contribution in [2.75, 3.05) is 11.5 Å². The molecule has 2 aromatic carbocycles. The summed E-state index contributed by atoms with van der Waals surface area (Å²) in [5.41, 5.74) is 2.22. The van der Waals surface area contributed by atoms with Crippen molar-refractivity contribution in [1.82, 2.24) is 0 Å². The molecule has 1 fully saturated rings. The Labute approximate surface area is 184 Å². The van der Waals surface area contributed by atoms with Crippen molar-refractivity contribution < 1.29 is 29.0 Å². The van der Waals surface area contributed by atoms with Crippen molar-refractivity contribution in [2.24, 2.45) is 0 Å². The number of rotatable bonds is 3. The van der Waals surface area contributed by atoms with Gasteiger partial charge < -0.3 is 19.4 Å². The number of hydrogen-bond donors (Lipinski definition) is 2. The molecule has 2 aliphatic rings. The molecule has 1 aromatic heterocycles. The Morgan fingerprint density at radius 2 is 1.97 bits per heavy atom. The molecule has 0 aliphatic carbocycles. The fourth-order valence-electron chi connectivity index (χ4n) is 4.29. The van der Waals surface area contributed by atoms with E-state index >= 15 is 0 Å². The number of aryl methyl sites for hydroxylation is 2. The molecule has 0 saturated carbocycles. The summed E-state index contributed by atoms with van der Waals surface area (Å²) >= 11 is 0. The van der Waals surface area contributed by atoms with Crippen LogP contribution in [-0.2, 0) is 16.0 Å². The van der Waals surface area contributed by atoms with Gasteiger partial charge in [-0.05, 0) is 73.4 Å². The van der Waals surface area contributed by atoms with Gasteiger partial charge in [-0.15, -0.1) is 0 Å². The largest absolute Gasteiger partial charge is 0.507 e. The minimum absolute atomic E-state index is 0.0949. The number of nitrogens with zero attached hydrogens (tertiary/aromatic N) is 1. The average Bonchev–Trinajstić information content (AvgIpc) is 3.42. The molecule has 5 rings (SSSR count). The van der Waals surface area contributed by atoms with E-state index in [1.165, 1.54) is 17.2 Å². The highest BCUT2D eigenvalue weighted by Gasteiger charge is 2.49. The Morgan fingerprint density at radius 1 is 1.12 bits per heavy atom. The lowest BCUT2D eigenvalue weighted by Gasteiger charge is -2.24. The minimum Gasteiger partial charge on any atom is -0.507 e. The van der Waals surface area contributed by atoms with Crippen molar-refractivity contribution in [3.05, 3.63) is 82.8 Å². The fraction of sp³-hybridized carbons (Fsp3) is 0.200. The summed E-state index contributed by atoms with van der Waals surface area (Å²) in [5, 5.41) is 21.7. The van der Waals surface area contributed by atoms with Crippen LogP contribution in [-0.4, -0.2) is 28.5 Å². The average molecular weight is 431 g/mol. The van der Waals surface area contributed by atoms with Gasteiger partial charge in [0.05, 0.1) is 24.1 Å². The molecule has 0 radical (unpaired) electrons. The Morgan fingerprint density at radius 3 is 2.75 bits per heavy atom. The van der Waals surface area contributed by atoms with Gasteiger partial charge in [-0.3, -0.25) is 14.5 Å². The van der Waals surface area contributed by atoms with E-state index in [2.05, 4.69) is 0 Å². The number of carbonyl (C=O) groups is 2. The zero-order valence-electron chi connectivity index (χ0n) is 17.4. The van der Waals surface area contributed by atoms with Crippen LogP contribution in [0.15, 0.2) is 64.8 Å². The monoisotopic (exact) mass is 431 g/mol. The molecule has 162 valence electrons. The lowest BCUT2D eigenvalue weighted by atomic mass is 9.96. The van der Waals surface area contributed by atoms with Crippen LogP contribution in [0.25, 0.3) is 5.76 Å². The number of phenolic OH excluding ortho intramolecular Hbond substituents is 1. The van der Waals surface area contributed by atoms with E-state index in [-0.39, 0.29) is 22.8 Å². The first-order valence-corrected chi connectivity index (χ1v) is 10.4. The van der Waals surface area contributed by atoms with Crippen LogP contribution in [0, 0.1) is 6.92 Å². The van der Waals surface area contributed by atoms with Gasteiger partial charge in [-0.1, -0.05) is 6.07 Å². The number of aromatic hydroxyl groups is 1. The molecule has 1 unspecified atom stereocenters. The molecular formula is C25H21NO6. The summed E-state index contributed by atoms with van der Waals surface area (Å²) in [7, 11) is 0. The third kappa shape index (κ3) is 3.13. The van der Waals surface area contributed by atoms with E-state index in [0.29, 0.717) is 17.9 Å². The number of amides is 1. The first-order valence-electron chi connectivity index (χ1n) is 10.4. The lowest BCUT2D eigenvalue weighted by molar-refractivity contribution is -0.132. The molecule has 0 bridgehead atoms. The predicted molar refractivity (Wildman–Crippen MR) is 117 cm³/mol. The van der Waals surface area contributed by atoms with Gasteiger partial charge in [0, 0.05) is 5.56 Å². The van der Waals surface area contributed by atoms with Crippen LogP contribution < -0.4 is 9.64 Å². The molecule has 7 heteroatoms. The van der Waals surface area contributed by atoms with Crippen molar-refractivity contribution in [3.63, 3.8) is 0 Å². The number of carbonyl (C=O) groups excluding carboxylic acids is 2. The first-order chi connectivity index (χ1) is 15.5. The minimum atomic E-state index is -1.02. The maximum atomic E-state index is 13.1. The van der Waals surface area contributed by atoms with Crippen LogP contribution >= 0.6 is 0 Å². The molecular weight excluding hydrogens is 410 g/mol. The van der Waals surface area contributed by atoms with E-state index in [9.17, 15) is 19.8 Å². The third-order valence-corrected chi connectivity index (χ3v) is 5.83. The van der Waals surface area contributed by atoms with E-state index in [1.807, 2.05) is 6.92 Å². The van der Waals surface area contributed by atoms with Gasteiger partial charge in [-0.25, -0.2) is 0 Å². The summed E-state index contributed by atoms with van der Waals surface area (Å²) in [5.74, 6) is -1.10. The molecule has 0 spiro atoms. The Kier molecular flexibility index (Phi) is 4.74. The zero-order chi connectivity index (χ0) is 22.4. The Hall–Kier alpha value is -4.00. The predicted octanol–water partition coefficient (Wildman–Crippen LogP) is 4.24. The topological polar surface area (TPSA) is 100 Å². The van der Waals surface area contributed by atoms with Gasteiger partial charge >= 0.3 is 0 Å². The maximum Gasteiger partial charge on any atom is 0.300 e. The second-order valence-electron chi connectivity index (χ2n) is 7.95. The van der Waals surface area contributed by atoms with Crippen molar-refractivity contribution in [1.29, 1.82) is 0 Å². The zero-order valence-corrected chi connectivity index (χ0v) is 17.4. The highest BCUT2D eigenvalue weighted by molar-refractivity contribution is 6.51. The van der Waals surface area contributed by atoms with E-state index in [4.69, 9.17) is 9.15 Å². The Bertz CT molecular complexity index is 1260. The van der Waals surface area contributed by atoms with Crippen LogP contribution in [0.2, 0.25) is 0 Å². The maximum absolute atomic E-state index is 13.1. The number of ether oxygens (including phenoxy) is 1. The van der Waals surface area contributed by atoms with Gasteiger partial charge in [-0.2, -0.15) is 0 Å². The molecule has 1 saturated heterocycles. The van der Waals surface area contributed by atoms with E-state index in [1.54, 1.807) is 42.5 Å². The highest BCUT2D eigenvalue weighted by atomic mass is 16.5. The Balaban J connectivity index is 1.70. The van der Waals surface area contributed by atoms with Crippen LogP contribution in [0.4, 0.5) is 5.69 Å². The van der Waals surface area contributed by atoms with Gasteiger partial charge in [0.25, 0.3) is 11.7 Å². The van der Waals surface area contributed by atoms with Crippen molar-refractivity contribution in [2.45, 2.75) is 25.8 Å².